The van der Waals surface area contributed by atoms with Gasteiger partial charge < -0.3 is 20.4 Å². The molecule has 1 atom stereocenters. The lowest BCUT2D eigenvalue weighted by molar-refractivity contribution is -0.136. The zero-order chi connectivity index (χ0) is 32.4. The highest BCUT2D eigenvalue weighted by molar-refractivity contribution is 6.17. The normalized spacial score (nSPS) is 12.3. The third-order valence-corrected chi connectivity index (χ3v) is 7.82. The molecule has 8 nitrogen and oxygen atoms in total. The van der Waals surface area contributed by atoms with E-state index in [0.29, 0.717) is 17.0 Å². The molecule has 0 aliphatic carbocycles. The van der Waals surface area contributed by atoms with Gasteiger partial charge in [-0.15, -0.1) is 0 Å². The van der Waals surface area contributed by atoms with Crippen LogP contribution in [0.3, 0.4) is 0 Å². The van der Waals surface area contributed by atoms with Gasteiger partial charge in [-0.3, -0.25) is 19.2 Å². The number of para-hydroxylation sites is 1. The van der Waals surface area contributed by atoms with Crippen molar-refractivity contribution in [3.63, 3.8) is 0 Å². The fourth-order valence-corrected chi connectivity index (χ4v) is 5.74. The molecule has 6 rings (SSSR count). The molecule has 0 spiro atoms. The molecule has 8 heteroatoms. The summed E-state index contributed by atoms with van der Waals surface area (Å²) in [4.78, 5) is 57.0. The third-order valence-electron chi connectivity index (χ3n) is 7.82. The van der Waals surface area contributed by atoms with Gasteiger partial charge in [-0.25, -0.2) is 0 Å². The fourth-order valence-electron chi connectivity index (χ4n) is 5.74. The largest absolute Gasteiger partial charge is 0.464 e. The second kappa shape index (κ2) is 12.3. The van der Waals surface area contributed by atoms with Crippen molar-refractivity contribution in [1.82, 2.24) is 5.32 Å². The molecule has 0 aliphatic rings. The van der Waals surface area contributed by atoms with Gasteiger partial charge in [0, 0.05) is 33.2 Å². The summed E-state index contributed by atoms with van der Waals surface area (Å²) in [5.41, 5.74) is -0.0976. The van der Waals surface area contributed by atoms with E-state index in [9.17, 15) is 19.2 Å². The Morgan fingerprint density at radius 2 is 1.09 bits per heavy atom. The Morgan fingerprint density at radius 1 is 0.609 bits per heavy atom. The first-order valence-electron chi connectivity index (χ1n) is 15.0. The molecule has 3 amide bonds. The quantitative estimate of drug-likeness (QED) is 0.168. The van der Waals surface area contributed by atoms with Crippen molar-refractivity contribution < 1.29 is 18.8 Å². The summed E-state index contributed by atoms with van der Waals surface area (Å²) in [7, 11) is 0. The molecule has 46 heavy (non-hydrogen) atoms. The van der Waals surface area contributed by atoms with Crippen LogP contribution in [-0.4, -0.2) is 23.3 Å². The maximum absolute atomic E-state index is 14.4. The van der Waals surface area contributed by atoms with Crippen LogP contribution in [0.1, 0.15) is 32.3 Å². The van der Waals surface area contributed by atoms with Gasteiger partial charge >= 0.3 is 0 Å². The molecule has 0 saturated heterocycles. The second-order valence-electron chi connectivity index (χ2n) is 12.2. The number of benzene rings is 5. The van der Waals surface area contributed by atoms with Crippen molar-refractivity contribution in [1.29, 1.82) is 0 Å². The van der Waals surface area contributed by atoms with E-state index in [0.717, 1.165) is 21.5 Å². The Bertz CT molecular complexity index is 2080. The first-order chi connectivity index (χ1) is 22.1. The number of nitrogens with one attached hydrogen (secondary N) is 3. The van der Waals surface area contributed by atoms with E-state index in [-0.39, 0.29) is 10.9 Å². The molecule has 230 valence electrons. The Labute approximate surface area is 265 Å². The minimum Gasteiger partial charge on any atom is -0.464 e. The van der Waals surface area contributed by atoms with Crippen molar-refractivity contribution in [2.75, 3.05) is 10.6 Å². The maximum atomic E-state index is 14.4. The van der Waals surface area contributed by atoms with Gasteiger partial charge in [0.2, 0.25) is 17.7 Å². The van der Waals surface area contributed by atoms with Crippen LogP contribution in [0, 0.1) is 5.92 Å². The van der Waals surface area contributed by atoms with Gasteiger partial charge in [0.1, 0.15) is 11.5 Å². The SMILES string of the molecule is CC(C)(C)NC(=O)C(c1coc2ccccc2c1=O)C(C(=O)Nc1cccc2ccccc12)C(=O)Nc1cccc2ccccc12. The Morgan fingerprint density at radius 3 is 1.63 bits per heavy atom. The molecule has 0 aliphatic heterocycles. The lowest BCUT2D eigenvalue weighted by Crippen LogP contribution is -2.50. The van der Waals surface area contributed by atoms with Crippen LogP contribution in [0.2, 0.25) is 0 Å². The number of fused-ring (bicyclic) bond motifs is 3. The van der Waals surface area contributed by atoms with Gasteiger partial charge in [-0.1, -0.05) is 84.9 Å². The molecule has 1 heterocycles. The van der Waals surface area contributed by atoms with E-state index in [1.54, 1.807) is 69.3 Å². The highest BCUT2D eigenvalue weighted by Gasteiger charge is 2.43. The van der Waals surface area contributed by atoms with Crippen molar-refractivity contribution in [2.24, 2.45) is 5.92 Å². The number of hydrogen-bond acceptors (Lipinski definition) is 5. The lowest BCUT2D eigenvalue weighted by atomic mass is 9.83. The fraction of sp³-hybridized carbons (Fsp3) is 0.158. The summed E-state index contributed by atoms with van der Waals surface area (Å²) < 4.78 is 5.80. The average molecular weight is 612 g/mol. The zero-order valence-electron chi connectivity index (χ0n) is 25.7. The second-order valence-corrected chi connectivity index (χ2v) is 12.2. The van der Waals surface area contributed by atoms with Gasteiger partial charge in [-0.05, 0) is 55.8 Å². The summed E-state index contributed by atoms with van der Waals surface area (Å²) in [6.45, 7) is 5.35. The number of anilines is 2. The van der Waals surface area contributed by atoms with E-state index in [4.69, 9.17) is 4.42 Å². The minimum absolute atomic E-state index is 0.105. The molecule has 3 N–H and O–H groups in total. The highest BCUT2D eigenvalue weighted by Crippen LogP contribution is 2.32. The monoisotopic (exact) mass is 611 g/mol. The summed E-state index contributed by atoms with van der Waals surface area (Å²) in [5.74, 6) is -5.39. The molecule has 1 unspecified atom stereocenters. The molecule has 0 fully saturated rings. The van der Waals surface area contributed by atoms with Crippen molar-refractivity contribution in [3.8, 4) is 0 Å². The van der Waals surface area contributed by atoms with Crippen LogP contribution in [0.5, 0.6) is 0 Å². The average Bonchev–Trinajstić information content (AvgIpc) is 3.03. The van der Waals surface area contributed by atoms with Gasteiger partial charge in [0.15, 0.2) is 5.43 Å². The first kappa shape index (κ1) is 30.3. The van der Waals surface area contributed by atoms with Crippen LogP contribution >= 0.6 is 0 Å². The zero-order valence-corrected chi connectivity index (χ0v) is 25.7. The number of hydrogen-bond donors (Lipinski definition) is 3. The van der Waals surface area contributed by atoms with E-state index in [2.05, 4.69) is 16.0 Å². The van der Waals surface area contributed by atoms with E-state index in [1.807, 2.05) is 60.7 Å². The predicted octanol–water partition coefficient (Wildman–Crippen LogP) is 6.99. The highest BCUT2D eigenvalue weighted by atomic mass is 16.3. The van der Waals surface area contributed by atoms with Crippen LogP contribution in [-0.2, 0) is 14.4 Å². The number of amides is 3. The Hall–Kier alpha value is -5.76. The minimum atomic E-state index is -1.68. The van der Waals surface area contributed by atoms with E-state index >= 15 is 0 Å². The standard InChI is InChI=1S/C38H33N3O5/c1-38(2,3)41-37(45)32(28-22-46-31-21-9-8-18-27(31)34(28)42)33(35(43)39-29-19-10-14-23-12-4-6-16-25(23)29)36(44)40-30-20-11-15-24-13-5-7-17-26(24)30/h4-22,32-33H,1-3H3,(H,39,43)(H,40,44)(H,41,45). The molecule has 6 aromatic rings. The summed E-state index contributed by atoms with van der Waals surface area (Å²) >= 11 is 0. The summed E-state index contributed by atoms with van der Waals surface area (Å²) in [6, 6.07) is 32.5. The maximum Gasteiger partial charge on any atom is 0.238 e. The molecular weight excluding hydrogens is 578 g/mol. The van der Waals surface area contributed by atoms with Crippen LogP contribution in [0.15, 0.2) is 125 Å². The van der Waals surface area contributed by atoms with Gasteiger partial charge in [0.05, 0.1) is 17.6 Å². The molecule has 1 aromatic heterocycles. The van der Waals surface area contributed by atoms with Crippen LogP contribution in [0.25, 0.3) is 32.5 Å². The smallest absolute Gasteiger partial charge is 0.238 e. The van der Waals surface area contributed by atoms with Crippen LogP contribution < -0.4 is 21.4 Å². The molecule has 5 aromatic carbocycles. The van der Waals surface area contributed by atoms with E-state index < -0.39 is 40.5 Å². The Kier molecular flexibility index (Phi) is 8.11. The first-order valence-corrected chi connectivity index (χ1v) is 15.0. The third kappa shape index (κ3) is 6.10. The van der Waals surface area contributed by atoms with E-state index in [1.165, 1.54) is 6.26 Å². The summed E-state index contributed by atoms with van der Waals surface area (Å²) in [6.07, 6.45) is 1.18. The number of carbonyl (C=O) groups excluding carboxylic acids is 3. The lowest BCUT2D eigenvalue weighted by Gasteiger charge is -2.29. The van der Waals surface area contributed by atoms with Gasteiger partial charge in [-0.2, -0.15) is 0 Å². The number of rotatable bonds is 7. The van der Waals surface area contributed by atoms with Crippen molar-refractivity contribution in [2.45, 2.75) is 32.2 Å². The molecule has 0 bridgehead atoms. The van der Waals surface area contributed by atoms with Crippen molar-refractivity contribution in [3.05, 3.63) is 131 Å². The summed E-state index contributed by atoms with van der Waals surface area (Å²) in [5, 5.41) is 12.2. The predicted molar refractivity (Wildman–Crippen MR) is 182 cm³/mol. The number of carbonyl (C=O) groups is 3. The van der Waals surface area contributed by atoms with Crippen molar-refractivity contribution >= 4 is 61.6 Å². The van der Waals surface area contributed by atoms with Crippen LogP contribution in [0.4, 0.5) is 11.4 Å². The van der Waals surface area contributed by atoms with Gasteiger partial charge in [0.25, 0.3) is 0 Å². The molecule has 0 radical (unpaired) electrons. The topological polar surface area (TPSA) is 118 Å². The molecule has 0 saturated carbocycles. The molecular formula is C38H33N3O5. The Balaban J connectivity index is 1.51.